The molecule has 2 heterocycles. The van der Waals surface area contributed by atoms with E-state index >= 15 is 0 Å². The van der Waals surface area contributed by atoms with Crippen molar-refractivity contribution in [1.82, 2.24) is 14.8 Å². The fourth-order valence-corrected chi connectivity index (χ4v) is 3.73. The first-order chi connectivity index (χ1) is 11.9. The lowest BCUT2D eigenvalue weighted by molar-refractivity contribution is 0.196. The first-order valence-electron chi connectivity index (χ1n) is 8.67. The Kier molecular flexibility index (Phi) is 4.65. The summed E-state index contributed by atoms with van der Waals surface area (Å²) in [5.74, 6) is 0.934. The number of nitrogens with zero attached hydrogens (tertiary/aromatic N) is 4. The molecule has 1 fully saturated rings. The van der Waals surface area contributed by atoms with Gasteiger partial charge in [0.1, 0.15) is 5.82 Å². The van der Waals surface area contributed by atoms with Crippen LogP contribution in [0.4, 0.5) is 16.3 Å². The molecule has 0 radical (unpaired) electrons. The van der Waals surface area contributed by atoms with Crippen LogP contribution in [0.1, 0.15) is 38.3 Å². The summed E-state index contributed by atoms with van der Waals surface area (Å²) in [6, 6.07) is 3.49. The number of nitrogens with two attached hydrogens (primary N) is 1. The van der Waals surface area contributed by atoms with Gasteiger partial charge in [-0.15, -0.1) is 0 Å². The number of aryl methyl sites for hydroxylation is 2. The highest BCUT2D eigenvalue weighted by atomic mass is 16.4. The molecule has 0 bridgehead atoms. The largest absolute Gasteiger partial charge is 0.465 e. The van der Waals surface area contributed by atoms with Crippen LogP contribution in [0.25, 0.3) is 11.3 Å². The van der Waals surface area contributed by atoms with E-state index in [0.29, 0.717) is 28.7 Å². The molecule has 1 aliphatic carbocycles. The number of carboxylic acid groups (broad SMARTS) is 1. The molecule has 1 amide bonds. The van der Waals surface area contributed by atoms with Crippen LogP contribution in [0.15, 0.2) is 18.3 Å². The van der Waals surface area contributed by atoms with E-state index in [1.165, 1.54) is 17.7 Å². The van der Waals surface area contributed by atoms with Crippen molar-refractivity contribution in [3.8, 4) is 11.3 Å². The highest BCUT2D eigenvalue weighted by Crippen LogP contribution is 2.36. The molecular weight excluding hydrogens is 318 g/mol. The van der Waals surface area contributed by atoms with Gasteiger partial charge in [0.05, 0.1) is 28.8 Å². The second kappa shape index (κ2) is 6.74. The zero-order valence-electron chi connectivity index (χ0n) is 14.9. The molecular formula is C18H25N5O2. The van der Waals surface area contributed by atoms with Gasteiger partial charge < -0.3 is 10.8 Å². The predicted octanol–water partition coefficient (Wildman–Crippen LogP) is 3.44. The Labute approximate surface area is 147 Å². The van der Waals surface area contributed by atoms with E-state index in [4.69, 9.17) is 5.73 Å². The van der Waals surface area contributed by atoms with Gasteiger partial charge in [0.15, 0.2) is 0 Å². The maximum Gasteiger partial charge on any atom is 0.413 e. The maximum atomic E-state index is 12.1. The molecule has 1 unspecified atom stereocenters. The minimum absolute atomic E-state index is 0.107. The Morgan fingerprint density at radius 1 is 1.40 bits per heavy atom. The van der Waals surface area contributed by atoms with Crippen LogP contribution >= 0.6 is 0 Å². The van der Waals surface area contributed by atoms with Crippen LogP contribution in [0.2, 0.25) is 0 Å². The van der Waals surface area contributed by atoms with Crippen LogP contribution in [-0.4, -0.2) is 32.0 Å². The Morgan fingerprint density at radius 2 is 2.08 bits per heavy atom. The smallest absolute Gasteiger partial charge is 0.413 e. The van der Waals surface area contributed by atoms with Crippen molar-refractivity contribution in [1.29, 1.82) is 0 Å². The second-order valence-corrected chi connectivity index (χ2v) is 6.81. The molecule has 7 heteroatoms. The van der Waals surface area contributed by atoms with Crippen LogP contribution in [0.3, 0.4) is 0 Å². The predicted molar refractivity (Wildman–Crippen MR) is 97.5 cm³/mol. The van der Waals surface area contributed by atoms with Gasteiger partial charge in [-0.25, -0.2) is 4.79 Å². The van der Waals surface area contributed by atoms with E-state index in [2.05, 4.69) is 10.1 Å². The number of carbonyl (C=O) groups is 1. The molecule has 0 saturated heterocycles. The standard InChI is InChI=1S/C18H25N5O2/c1-11-15(19)8-9-16(21-11)14-10-20-22(3)17(14)23(18(24)25)12(2)13-6-4-5-7-13/h8-10,12-13H,4-7,19H2,1-3H3,(H,24,25). The molecule has 25 heavy (non-hydrogen) atoms. The summed E-state index contributed by atoms with van der Waals surface area (Å²) in [6.45, 7) is 3.83. The lowest BCUT2D eigenvalue weighted by Crippen LogP contribution is -2.43. The molecule has 3 N–H and O–H groups in total. The normalized spacial score (nSPS) is 16.1. The third kappa shape index (κ3) is 3.18. The number of hydrogen-bond acceptors (Lipinski definition) is 4. The Balaban J connectivity index is 2.06. The van der Waals surface area contributed by atoms with E-state index in [-0.39, 0.29) is 6.04 Å². The lowest BCUT2D eigenvalue weighted by atomic mass is 9.98. The first kappa shape index (κ1) is 17.3. The van der Waals surface area contributed by atoms with Crippen LogP contribution in [0.5, 0.6) is 0 Å². The average molecular weight is 343 g/mol. The van der Waals surface area contributed by atoms with Crippen LogP contribution in [0, 0.1) is 12.8 Å². The number of aromatic nitrogens is 3. The van der Waals surface area contributed by atoms with Gasteiger partial charge in [-0.2, -0.15) is 5.10 Å². The van der Waals surface area contributed by atoms with E-state index in [9.17, 15) is 9.90 Å². The van der Waals surface area contributed by atoms with Crippen molar-refractivity contribution in [2.45, 2.75) is 45.6 Å². The monoisotopic (exact) mass is 343 g/mol. The highest BCUT2D eigenvalue weighted by molar-refractivity contribution is 5.91. The fourth-order valence-electron chi connectivity index (χ4n) is 3.73. The minimum Gasteiger partial charge on any atom is -0.465 e. The van der Waals surface area contributed by atoms with Crippen molar-refractivity contribution < 1.29 is 9.90 Å². The van der Waals surface area contributed by atoms with Crippen LogP contribution in [-0.2, 0) is 7.05 Å². The first-order valence-corrected chi connectivity index (χ1v) is 8.67. The van der Waals surface area contributed by atoms with Crippen molar-refractivity contribution in [3.63, 3.8) is 0 Å². The molecule has 2 aromatic heterocycles. The number of amides is 1. The molecule has 7 nitrogen and oxygen atoms in total. The van der Waals surface area contributed by atoms with E-state index in [1.807, 2.05) is 19.9 Å². The van der Waals surface area contributed by atoms with Gasteiger partial charge in [-0.1, -0.05) is 12.8 Å². The second-order valence-electron chi connectivity index (χ2n) is 6.81. The summed E-state index contributed by atoms with van der Waals surface area (Å²) in [7, 11) is 1.76. The molecule has 1 aliphatic rings. The number of hydrogen-bond donors (Lipinski definition) is 2. The van der Waals surface area contributed by atoms with Crippen molar-refractivity contribution in [2.24, 2.45) is 13.0 Å². The zero-order valence-corrected chi connectivity index (χ0v) is 14.9. The Morgan fingerprint density at radius 3 is 2.68 bits per heavy atom. The average Bonchev–Trinajstić information content (AvgIpc) is 3.21. The minimum atomic E-state index is -0.962. The lowest BCUT2D eigenvalue weighted by Gasteiger charge is -2.31. The molecule has 1 saturated carbocycles. The summed E-state index contributed by atoms with van der Waals surface area (Å²) in [4.78, 5) is 18.1. The number of nitrogen functional groups attached to an aromatic ring is 1. The number of rotatable bonds is 4. The number of anilines is 2. The summed E-state index contributed by atoms with van der Waals surface area (Å²) in [5.41, 5.74) is 8.58. The molecule has 2 aromatic rings. The summed E-state index contributed by atoms with van der Waals surface area (Å²) >= 11 is 0. The molecule has 1 atom stereocenters. The topological polar surface area (TPSA) is 97.3 Å². The third-order valence-electron chi connectivity index (χ3n) is 5.23. The molecule has 0 spiro atoms. The number of pyridine rings is 1. The highest BCUT2D eigenvalue weighted by Gasteiger charge is 2.34. The Bertz CT molecular complexity index is 780. The molecule has 0 aromatic carbocycles. The summed E-state index contributed by atoms with van der Waals surface area (Å²) < 4.78 is 1.61. The third-order valence-corrected chi connectivity index (χ3v) is 5.23. The van der Waals surface area contributed by atoms with Crippen molar-refractivity contribution in [2.75, 3.05) is 10.6 Å². The summed E-state index contributed by atoms with van der Waals surface area (Å²) in [5, 5.41) is 14.2. The van der Waals surface area contributed by atoms with Gasteiger partial charge in [-0.3, -0.25) is 14.6 Å². The Hall–Kier alpha value is -2.57. The van der Waals surface area contributed by atoms with E-state index in [0.717, 1.165) is 18.5 Å². The zero-order chi connectivity index (χ0) is 18.1. The van der Waals surface area contributed by atoms with Crippen LogP contribution < -0.4 is 10.6 Å². The van der Waals surface area contributed by atoms with Gasteiger partial charge in [0, 0.05) is 13.1 Å². The fraction of sp³-hybridized carbons (Fsp3) is 0.500. The van der Waals surface area contributed by atoms with Gasteiger partial charge in [0.25, 0.3) is 0 Å². The maximum absolute atomic E-state index is 12.1. The molecule has 134 valence electrons. The van der Waals surface area contributed by atoms with Gasteiger partial charge >= 0.3 is 6.09 Å². The van der Waals surface area contributed by atoms with Crippen molar-refractivity contribution >= 4 is 17.6 Å². The molecule has 3 rings (SSSR count). The quantitative estimate of drug-likeness (QED) is 0.886. The van der Waals surface area contributed by atoms with Gasteiger partial charge in [0.2, 0.25) is 0 Å². The van der Waals surface area contributed by atoms with Crippen molar-refractivity contribution in [3.05, 3.63) is 24.0 Å². The van der Waals surface area contributed by atoms with E-state index < -0.39 is 6.09 Å². The van der Waals surface area contributed by atoms with E-state index in [1.54, 1.807) is 24.0 Å². The SMILES string of the molecule is Cc1nc(-c2cnn(C)c2N(C(=O)O)C(C)C2CCCC2)ccc1N. The molecule has 0 aliphatic heterocycles. The summed E-state index contributed by atoms with van der Waals surface area (Å²) in [6.07, 6.45) is 5.18. The van der Waals surface area contributed by atoms with Gasteiger partial charge in [-0.05, 0) is 44.7 Å².